The first-order chi connectivity index (χ1) is 11.6. The van der Waals surface area contributed by atoms with Crippen LogP contribution in [0.1, 0.15) is 34.6 Å². The first-order valence-corrected chi connectivity index (χ1v) is 9.12. The van der Waals surface area contributed by atoms with E-state index in [4.69, 9.17) is 4.74 Å². The Morgan fingerprint density at radius 2 is 2.04 bits per heavy atom. The summed E-state index contributed by atoms with van der Waals surface area (Å²) in [4.78, 5) is 18.4. The van der Waals surface area contributed by atoms with Gasteiger partial charge in [0, 0.05) is 6.54 Å². The van der Waals surface area contributed by atoms with Crippen LogP contribution in [0.2, 0.25) is 0 Å². The van der Waals surface area contributed by atoms with Gasteiger partial charge in [-0.15, -0.1) is 11.3 Å². The molecule has 2 aromatic rings. The molecule has 1 saturated heterocycles. The Morgan fingerprint density at radius 3 is 2.75 bits per heavy atom. The van der Waals surface area contributed by atoms with E-state index >= 15 is 0 Å². The molecular formula is C18H22N2O3S. The number of ether oxygens (including phenoxy) is 1. The number of likely N-dealkylation sites (tertiary alicyclic amines) is 1. The number of nitrogens with zero attached hydrogens (tertiary/aromatic N) is 2. The number of aromatic carboxylic acids is 1. The number of carboxylic acids is 1. The molecule has 1 aliphatic heterocycles. The number of carbonyl (C=O) groups is 1. The minimum Gasteiger partial charge on any atom is -0.492 e. The fourth-order valence-electron chi connectivity index (χ4n) is 2.95. The number of para-hydroxylation sites is 1. The average Bonchev–Trinajstić information content (AvgIpc) is 2.98. The summed E-state index contributed by atoms with van der Waals surface area (Å²) in [5.74, 6) is -0.167. The van der Waals surface area contributed by atoms with Crippen molar-refractivity contribution in [1.29, 1.82) is 0 Å². The van der Waals surface area contributed by atoms with E-state index in [-0.39, 0.29) is 4.88 Å². The molecule has 1 aromatic carbocycles. The van der Waals surface area contributed by atoms with E-state index in [2.05, 4.69) is 9.88 Å². The number of carboxylic acid groups (broad SMARTS) is 1. The Hall–Kier alpha value is -1.92. The molecule has 0 atom stereocenters. The zero-order valence-corrected chi connectivity index (χ0v) is 14.6. The summed E-state index contributed by atoms with van der Waals surface area (Å²) in [6.07, 6.45) is 3.87. The van der Waals surface area contributed by atoms with Crippen molar-refractivity contribution >= 4 is 17.3 Å². The quantitative estimate of drug-likeness (QED) is 0.864. The number of aromatic nitrogens is 1. The first kappa shape index (κ1) is 16.9. The number of benzene rings is 1. The summed E-state index contributed by atoms with van der Waals surface area (Å²) in [5, 5.41) is 9.91. The number of rotatable bonds is 6. The highest BCUT2D eigenvalue weighted by atomic mass is 32.1. The molecule has 1 aromatic heterocycles. The second-order valence-electron chi connectivity index (χ2n) is 5.99. The Kier molecular flexibility index (Phi) is 5.48. The molecule has 3 rings (SSSR count). The van der Waals surface area contributed by atoms with E-state index in [0.717, 1.165) is 30.9 Å². The molecule has 24 heavy (non-hydrogen) atoms. The lowest BCUT2D eigenvalue weighted by molar-refractivity contribution is 0.0701. The molecule has 1 fully saturated rings. The summed E-state index contributed by atoms with van der Waals surface area (Å²) in [5.41, 5.74) is 1.40. The molecule has 6 heteroatoms. The third-order valence-electron chi connectivity index (χ3n) is 4.22. The van der Waals surface area contributed by atoms with Crippen molar-refractivity contribution in [2.24, 2.45) is 0 Å². The zero-order chi connectivity index (χ0) is 16.9. The van der Waals surface area contributed by atoms with Crippen molar-refractivity contribution in [3.8, 4) is 16.3 Å². The maximum absolute atomic E-state index is 11.2. The largest absolute Gasteiger partial charge is 0.492 e. The highest BCUT2D eigenvalue weighted by molar-refractivity contribution is 7.17. The fraction of sp³-hybridized carbons (Fsp3) is 0.444. The standard InChI is InChI=1S/C18H22N2O3S/c1-13-16(18(21)22)24-17(19-13)14-7-3-4-8-15(14)23-12-11-20-9-5-2-6-10-20/h3-4,7-8H,2,5-6,9-12H2,1H3,(H,21,22). The van der Waals surface area contributed by atoms with Gasteiger partial charge in [-0.3, -0.25) is 4.90 Å². The third kappa shape index (κ3) is 3.94. The van der Waals surface area contributed by atoms with E-state index in [1.165, 1.54) is 30.6 Å². The van der Waals surface area contributed by atoms with Crippen LogP contribution >= 0.6 is 11.3 Å². The van der Waals surface area contributed by atoms with Gasteiger partial charge in [0.1, 0.15) is 22.2 Å². The lowest BCUT2D eigenvalue weighted by Gasteiger charge is -2.26. The second-order valence-corrected chi connectivity index (χ2v) is 6.98. The molecule has 0 bridgehead atoms. The lowest BCUT2D eigenvalue weighted by Crippen LogP contribution is -2.33. The third-order valence-corrected chi connectivity index (χ3v) is 5.40. The lowest BCUT2D eigenvalue weighted by atomic mass is 10.1. The number of aryl methyl sites for hydroxylation is 1. The van der Waals surface area contributed by atoms with Gasteiger partial charge < -0.3 is 9.84 Å². The minimum absolute atomic E-state index is 0.285. The fourth-order valence-corrected chi connectivity index (χ4v) is 3.88. The van der Waals surface area contributed by atoms with Gasteiger partial charge in [-0.05, 0) is 45.0 Å². The molecule has 2 heterocycles. The molecule has 0 saturated carbocycles. The number of thiazole rings is 1. The second kappa shape index (κ2) is 7.77. The van der Waals surface area contributed by atoms with Crippen LogP contribution < -0.4 is 4.74 Å². The van der Waals surface area contributed by atoms with Gasteiger partial charge in [0.25, 0.3) is 0 Å². The van der Waals surface area contributed by atoms with Crippen LogP contribution in [-0.4, -0.2) is 47.2 Å². The molecule has 1 aliphatic rings. The molecule has 5 nitrogen and oxygen atoms in total. The molecule has 128 valence electrons. The number of hydrogen-bond acceptors (Lipinski definition) is 5. The molecule has 0 radical (unpaired) electrons. The van der Waals surface area contributed by atoms with Crippen molar-refractivity contribution < 1.29 is 14.6 Å². The van der Waals surface area contributed by atoms with E-state index < -0.39 is 5.97 Å². The number of piperidine rings is 1. The predicted octanol–water partition coefficient (Wildman–Crippen LogP) is 3.68. The Labute approximate surface area is 145 Å². The highest BCUT2D eigenvalue weighted by Crippen LogP contribution is 2.34. The first-order valence-electron chi connectivity index (χ1n) is 8.30. The van der Waals surface area contributed by atoms with Crippen molar-refractivity contribution in [3.63, 3.8) is 0 Å². The van der Waals surface area contributed by atoms with Crippen LogP contribution in [0.4, 0.5) is 0 Å². The number of hydrogen-bond donors (Lipinski definition) is 1. The smallest absolute Gasteiger partial charge is 0.347 e. The summed E-state index contributed by atoms with van der Waals surface area (Å²) >= 11 is 1.20. The van der Waals surface area contributed by atoms with Crippen LogP contribution in [0.25, 0.3) is 10.6 Å². The molecule has 0 amide bonds. The normalized spacial score (nSPS) is 15.4. The van der Waals surface area contributed by atoms with Gasteiger partial charge in [0.05, 0.1) is 11.3 Å². The predicted molar refractivity (Wildman–Crippen MR) is 95.0 cm³/mol. The van der Waals surface area contributed by atoms with Crippen LogP contribution in [-0.2, 0) is 0 Å². The summed E-state index contributed by atoms with van der Waals surface area (Å²) < 4.78 is 5.98. The van der Waals surface area contributed by atoms with Crippen molar-refractivity contribution in [1.82, 2.24) is 9.88 Å². The molecule has 0 spiro atoms. The van der Waals surface area contributed by atoms with Gasteiger partial charge in [-0.2, -0.15) is 0 Å². The molecule has 0 unspecified atom stereocenters. The van der Waals surface area contributed by atoms with Gasteiger partial charge in [-0.25, -0.2) is 9.78 Å². The monoisotopic (exact) mass is 346 g/mol. The van der Waals surface area contributed by atoms with Crippen LogP contribution in [0, 0.1) is 6.92 Å². The Balaban J connectivity index is 1.70. The van der Waals surface area contributed by atoms with Gasteiger partial charge in [-0.1, -0.05) is 18.6 Å². The molecular weight excluding hydrogens is 324 g/mol. The SMILES string of the molecule is Cc1nc(-c2ccccc2OCCN2CCCCC2)sc1C(=O)O. The maximum atomic E-state index is 11.2. The zero-order valence-electron chi connectivity index (χ0n) is 13.8. The summed E-state index contributed by atoms with van der Waals surface area (Å²) in [6, 6.07) is 7.70. The minimum atomic E-state index is -0.931. The Morgan fingerprint density at radius 1 is 1.29 bits per heavy atom. The molecule has 0 aliphatic carbocycles. The van der Waals surface area contributed by atoms with Crippen molar-refractivity contribution in [3.05, 3.63) is 34.8 Å². The van der Waals surface area contributed by atoms with Crippen molar-refractivity contribution in [2.45, 2.75) is 26.2 Å². The van der Waals surface area contributed by atoms with Crippen molar-refractivity contribution in [2.75, 3.05) is 26.2 Å². The average molecular weight is 346 g/mol. The topological polar surface area (TPSA) is 62.7 Å². The maximum Gasteiger partial charge on any atom is 0.347 e. The van der Waals surface area contributed by atoms with Crippen LogP contribution in [0.3, 0.4) is 0 Å². The van der Waals surface area contributed by atoms with Crippen LogP contribution in [0.5, 0.6) is 5.75 Å². The molecule has 1 N–H and O–H groups in total. The Bertz CT molecular complexity index is 708. The van der Waals surface area contributed by atoms with E-state index in [1.807, 2.05) is 24.3 Å². The summed E-state index contributed by atoms with van der Waals surface area (Å²) in [7, 11) is 0. The highest BCUT2D eigenvalue weighted by Gasteiger charge is 2.17. The van der Waals surface area contributed by atoms with Gasteiger partial charge >= 0.3 is 5.97 Å². The van der Waals surface area contributed by atoms with Gasteiger partial charge in [0.15, 0.2) is 0 Å². The summed E-state index contributed by atoms with van der Waals surface area (Å²) in [6.45, 7) is 5.58. The van der Waals surface area contributed by atoms with Gasteiger partial charge in [0.2, 0.25) is 0 Å². The van der Waals surface area contributed by atoms with E-state index in [0.29, 0.717) is 17.3 Å². The van der Waals surface area contributed by atoms with Crippen LogP contribution in [0.15, 0.2) is 24.3 Å². The van der Waals surface area contributed by atoms with E-state index in [9.17, 15) is 9.90 Å². The van der Waals surface area contributed by atoms with E-state index in [1.54, 1.807) is 6.92 Å².